The van der Waals surface area contributed by atoms with Gasteiger partial charge in [-0.2, -0.15) is 0 Å². The molecular weight excluding hydrogens is 776 g/mol. The van der Waals surface area contributed by atoms with Gasteiger partial charge in [0.2, 0.25) is 0 Å². The van der Waals surface area contributed by atoms with Gasteiger partial charge in [-0.1, -0.05) is 51.2 Å². The van der Waals surface area contributed by atoms with E-state index in [1.165, 1.54) is 0 Å². The lowest BCUT2D eigenvalue weighted by atomic mass is 9.65. The lowest BCUT2D eigenvalue weighted by molar-refractivity contribution is -0.332. The highest BCUT2D eigenvalue weighted by Gasteiger charge is 2.66. The Hall–Kier alpha value is -2.05. The largest absolute Gasteiger partial charge is 0.459 e. The Bertz CT molecular complexity index is 1660. The second-order valence-electron chi connectivity index (χ2n) is 18.8. The van der Waals surface area contributed by atoms with Crippen LogP contribution in [0.25, 0.3) is 0 Å². The van der Waals surface area contributed by atoms with E-state index in [2.05, 4.69) is 26.8 Å². The summed E-state index contributed by atoms with van der Waals surface area (Å²) in [6.45, 7) is 15.6. The third-order valence-corrected chi connectivity index (χ3v) is 14.5. The lowest BCUT2D eigenvalue weighted by Gasteiger charge is -2.50. The predicted molar refractivity (Wildman–Crippen MR) is 218 cm³/mol. The topological polar surface area (TPSA) is 170 Å². The number of aliphatic hydroxyl groups excluding tert-OH is 2. The number of ether oxygens (including phenoxy) is 10. The molecule has 7 aliphatic rings. The normalized spacial score (nSPS) is 51.4. The van der Waals surface area contributed by atoms with Gasteiger partial charge in [-0.25, -0.2) is 4.79 Å². The van der Waals surface area contributed by atoms with E-state index in [9.17, 15) is 20.1 Å². The maximum Gasteiger partial charge on any atom is 0.337 e. The summed E-state index contributed by atoms with van der Waals surface area (Å²) in [6, 6.07) is 0. The quantitative estimate of drug-likeness (QED) is 0.242. The number of aliphatic hydroxyl groups is 3. The molecule has 3 N–H and O–H groups in total. The molecule has 19 atom stereocenters. The summed E-state index contributed by atoms with van der Waals surface area (Å²) in [6.07, 6.45) is 6.44. The Morgan fingerprint density at radius 3 is 2.27 bits per heavy atom. The number of carbonyl (C=O) groups is 1. The number of esters is 1. The van der Waals surface area contributed by atoms with Crippen molar-refractivity contribution in [3.05, 3.63) is 47.1 Å². The Morgan fingerprint density at radius 1 is 0.850 bits per heavy atom. The van der Waals surface area contributed by atoms with Crippen LogP contribution in [0.3, 0.4) is 0 Å². The van der Waals surface area contributed by atoms with Gasteiger partial charge in [-0.15, -0.1) is 0 Å². The molecule has 6 aliphatic heterocycles. The molecule has 6 heterocycles. The van der Waals surface area contributed by atoms with E-state index in [-0.39, 0.29) is 36.4 Å². The van der Waals surface area contributed by atoms with Crippen molar-refractivity contribution in [1.82, 2.24) is 0 Å². The molecule has 60 heavy (non-hydrogen) atoms. The minimum absolute atomic E-state index is 0.0122. The first-order valence-electron chi connectivity index (χ1n) is 22.1. The van der Waals surface area contributed by atoms with Crippen LogP contribution in [0.4, 0.5) is 0 Å². The zero-order chi connectivity index (χ0) is 43.3. The predicted octanol–water partition coefficient (Wildman–Crippen LogP) is 4.97. The first-order valence-corrected chi connectivity index (χ1v) is 22.1. The highest BCUT2D eigenvalue weighted by molar-refractivity contribution is 5.93. The van der Waals surface area contributed by atoms with Crippen LogP contribution in [0.2, 0.25) is 0 Å². The van der Waals surface area contributed by atoms with E-state index in [0.29, 0.717) is 50.0 Å². The Labute approximate surface area is 355 Å². The number of hydrogen-bond donors (Lipinski definition) is 3. The van der Waals surface area contributed by atoms with Crippen LogP contribution in [0, 0.1) is 17.8 Å². The molecule has 14 heteroatoms. The number of hydrogen-bond acceptors (Lipinski definition) is 14. The number of allylic oxidation sites excluding steroid dienone is 2. The maximum atomic E-state index is 14.3. The van der Waals surface area contributed by atoms with Crippen LogP contribution in [-0.4, -0.2) is 139 Å². The average Bonchev–Trinajstić information content (AvgIpc) is 3.47. The maximum absolute atomic E-state index is 14.3. The van der Waals surface area contributed by atoms with Crippen LogP contribution in [0.15, 0.2) is 47.1 Å². The van der Waals surface area contributed by atoms with Gasteiger partial charge in [-0.3, -0.25) is 0 Å². The van der Waals surface area contributed by atoms with Crippen molar-refractivity contribution in [3.8, 4) is 0 Å². The molecule has 0 saturated carbocycles. The van der Waals surface area contributed by atoms with E-state index < -0.39 is 90.3 Å². The molecule has 5 saturated heterocycles. The zero-order valence-electron chi connectivity index (χ0n) is 37.1. The minimum Gasteiger partial charge on any atom is -0.459 e. The number of methoxy groups -OCH3 is 2. The average molecular weight is 847 g/mol. The number of carbonyl (C=O) groups excluding carboxylic acids is 1. The van der Waals surface area contributed by atoms with Gasteiger partial charge < -0.3 is 62.7 Å². The van der Waals surface area contributed by atoms with Crippen molar-refractivity contribution in [1.29, 1.82) is 0 Å². The smallest absolute Gasteiger partial charge is 0.337 e. The van der Waals surface area contributed by atoms with Crippen molar-refractivity contribution >= 4 is 5.97 Å². The van der Waals surface area contributed by atoms with E-state index in [1.54, 1.807) is 40.2 Å². The van der Waals surface area contributed by atoms with Crippen LogP contribution in [0.5, 0.6) is 0 Å². The Balaban J connectivity index is 1.18. The van der Waals surface area contributed by atoms with Crippen molar-refractivity contribution < 1.29 is 67.5 Å². The van der Waals surface area contributed by atoms with E-state index in [4.69, 9.17) is 47.4 Å². The summed E-state index contributed by atoms with van der Waals surface area (Å²) in [5.74, 6) is -1.88. The van der Waals surface area contributed by atoms with Crippen molar-refractivity contribution in [2.45, 2.75) is 197 Å². The first kappa shape index (κ1) is 46.0. The van der Waals surface area contributed by atoms with Crippen molar-refractivity contribution in [3.63, 3.8) is 0 Å². The van der Waals surface area contributed by atoms with Crippen LogP contribution in [0.1, 0.15) is 100 Å². The van der Waals surface area contributed by atoms with E-state index in [0.717, 1.165) is 12.0 Å². The number of rotatable bonds is 6. The molecule has 0 aromatic rings. The molecule has 0 aromatic heterocycles. The third-order valence-electron chi connectivity index (χ3n) is 14.5. The molecule has 0 amide bonds. The molecule has 1 spiro atoms. The second kappa shape index (κ2) is 18.2. The summed E-state index contributed by atoms with van der Waals surface area (Å²) >= 11 is 0. The van der Waals surface area contributed by atoms with Crippen molar-refractivity contribution in [2.24, 2.45) is 17.8 Å². The first-order chi connectivity index (χ1) is 28.4. The fourth-order valence-electron chi connectivity index (χ4n) is 10.6. The molecule has 7 rings (SSSR count). The molecule has 0 radical (unpaired) electrons. The monoisotopic (exact) mass is 846 g/mol. The standard InChI is InChI=1S/C46H70O14/c1-24-16-17-45(59-28(24)5)22-33-19-32(60-45)15-14-26(3)40(57-38-21-36(52-10)41(30(7)55-38)58-37-20-35(51-9)39(47)29(6)54-37)25(2)12-11-13-31-23-53-44(8)42(48)27(4)18-34(43(49)56-33)46(31,44)50/h11-14,18,24-25,27-30,32-33,35-42,47-48,50H,15-17,19-23H2,1-10H3/b12-11+,26-14+,31-13+/t24-,25-,27-,28+,29-,30-,32+,33-,35-,36-,37-,38-,39-,40-,41-,42+,44+,45-,46+/m0/s1. The van der Waals surface area contributed by atoms with Crippen LogP contribution >= 0.6 is 0 Å². The third kappa shape index (κ3) is 8.75. The molecule has 0 aromatic carbocycles. The van der Waals surface area contributed by atoms with E-state index in [1.807, 2.05) is 32.9 Å². The highest BCUT2D eigenvalue weighted by atomic mass is 16.7. The molecule has 14 nitrogen and oxygen atoms in total. The molecule has 338 valence electrons. The highest BCUT2D eigenvalue weighted by Crippen LogP contribution is 2.52. The fraction of sp³-hybridized carbons (Fsp3) is 0.804. The molecule has 0 unspecified atom stereocenters. The van der Waals surface area contributed by atoms with Gasteiger partial charge in [0.05, 0.1) is 61.0 Å². The van der Waals surface area contributed by atoms with Gasteiger partial charge in [-0.05, 0) is 64.5 Å². The summed E-state index contributed by atoms with van der Waals surface area (Å²) in [5.41, 5.74) is -1.94. The van der Waals surface area contributed by atoms with Gasteiger partial charge in [0.25, 0.3) is 0 Å². The number of fused-ring (bicyclic) bond motifs is 2. The van der Waals surface area contributed by atoms with Gasteiger partial charge in [0.15, 0.2) is 24.0 Å². The summed E-state index contributed by atoms with van der Waals surface area (Å²) in [7, 11) is 3.22. The summed E-state index contributed by atoms with van der Waals surface area (Å²) in [4.78, 5) is 14.3. The summed E-state index contributed by atoms with van der Waals surface area (Å²) in [5, 5.41) is 34.6. The second-order valence-corrected chi connectivity index (χ2v) is 18.8. The minimum atomic E-state index is -1.94. The van der Waals surface area contributed by atoms with Crippen molar-refractivity contribution in [2.75, 3.05) is 20.8 Å². The molecule has 1 aliphatic carbocycles. The molecule has 2 bridgehead atoms. The lowest BCUT2D eigenvalue weighted by Crippen LogP contribution is -2.63. The molecular formula is C46H70O14. The van der Waals surface area contributed by atoms with Gasteiger partial charge in [0, 0.05) is 58.2 Å². The van der Waals surface area contributed by atoms with E-state index >= 15 is 0 Å². The SMILES string of the molecule is CO[C@H]1C[C@H](O[C@H]2[C@H](C)O[C@@H](O[C@@H]3/C(C)=C/C[C@@H]4C[C@@H](C[C@]5(CC[C@H](C)[C@@H](C)O5)O4)OC(=O)C4=C[C@H](C)[C@@H](O)[C@@]5(C)OC/C(=C\C=C\[C@@H]3C)[C@@]45O)C[C@@H]2OC)O[C@@H](C)[C@@H]1O. The van der Waals surface area contributed by atoms with Gasteiger partial charge in [0.1, 0.15) is 23.9 Å². The van der Waals surface area contributed by atoms with Gasteiger partial charge >= 0.3 is 5.97 Å². The van der Waals surface area contributed by atoms with Crippen LogP contribution in [-0.2, 0) is 52.2 Å². The van der Waals surface area contributed by atoms with Crippen LogP contribution < -0.4 is 0 Å². The summed E-state index contributed by atoms with van der Waals surface area (Å²) < 4.78 is 63.4. The Morgan fingerprint density at radius 2 is 1.55 bits per heavy atom. The molecule has 5 fully saturated rings. The fourth-order valence-corrected chi connectivity index (χ4v) is 10.6. The Kier molecular flexibility index (Phi) is 13.9. The zero-order valence-corrected chi connectivity index (χ0v) is 37.1.